The minimum atomic E-state index is -3.88. The number of hydrogen-bond acceptors (Lipinski definition) is 16. The van der Waals surface area contributed by atoms with Gasteiger partial charge in [-0.3, -0.25) is 38.8 Å². The molecule has 9 rings (SSSR count). The Kier molecular flexibility index (Phi) is 26.6. The number of halogens is 4. The van der Waals surface area contributed by atoms with E-state index in [2.05, 4.69) is 107 Å². The van der Waals surface area contributed by atoms with Crippen LogP contribution in [0.25, 0.3) is 0 Å². The van der Waals surface area contributed by atoms with Crippen LogP contribution in [0.15, 0.2) is 226 Å². The Bertz CT molecular complexity index is 4270. The predicted molar refractivity (Wildman–Crippen MR) is 380 cm³/mol. The molecule has 6 aromatic carbocycles. The lowest BCUT2D eigenvalue weighted by Gasteiger charge is -2.19. The molecule has 4 N–H and O–H groups in total. The third kappa shape index (κ3) is 21.6. The van der Waals surface area contributed by atoms with Gasteiger partial charge in [0.15, 0.2) is 5.78 Å². The van der Waals surface area contributed by atoms with Crippen molar-refractivity contribution in [3.8, 4) is 0 Å². The van der Waals surface area contributed by atoms with Gasteiger partial charge in [-0.05, 0) is 160 Å². The molecule has 0 aliphatic rings. The maximum absolute atomic E-state index is 13.1. The second-order valence-corrected chi connectivity index (χ2v) is 30.3. The van der Waals surface area contributed by atoms with Crippen molar-refractivity contribution in [2.75, 3.05) is 35.5 Å². The molecule has 3 aromatic heterocycles. The molecule has 0 saturated heterocycles. The number of nitrogens with one attached hydrogen (secondary N) is 4. The molecule has 95 heavy (non-hydrogen) atoms. The molecule has 19 nitrogen and oxygen atoms in total. The zero-order valence-corrected chi connectivity index (χ0v) is 59.6. The van der Waals surface area contributed by atoms with Crippen molar-refractivity contribution in [3.63, 3.8) is 0 Å². The van der Waals surface area contributed by atoms with Crippen molar-refractivity contribution in [1.82, 2.24) is 20.0 Å². The lowest BCUT2D eigenvalue weighted by molar-refractivity contribution is 0.103. The first-order valence-corrected chi connectivity index (χ1v) is 34.8. The summed E-state index contributed by atoms with van der Waals surface area (Å²) in [6, 6.07) is 44.7. The molecule has 0 aliphatic heterocycles. The predicted octanol–water partition coefficient (Wildman–Crippen LogP) is 15.8. The summed E-state index contributed by atoms with van der Waals surface area (Å²) in [7, 11) is -7.29. The smallest absolute Gasteiger partial charge is 0.261 e. The lowest BCUT2D eigenvalue weighted by atomic mass is 9.87. The molecule has 0 aliphatic carbocycles. The highest BCUT2D eigenvalue weighted by Gasteiger charge is 2.26. The molecule has 0 saturated carbocycles. The lowest BCUT2D eigenvalue weighted by Crippen LogP contribution is -2.17. The minimum Gasteiger partial charge on any atom is -0.399 e. The summed E-state index contributed by atoms with van der Waals surface area (Å²) in [6.07, 6.45) is 9.46. The summed E-state index contributed by atoms with van der Waals surface area (Å²) in [5.41, 5.74) is 7.48. The van der Waals surface area contributed by atoms with E-state index >= 15 is 0 Å². The van der Waals surface area contributed by atoms with E-state index in [0.29, 0.717) is 65.7 Å². The van der Waals surface area contributed by atoms with Crippen molar-refractivity contribution in [1.29, 1.82) is 0 Å². The van der Waals surface area contributed by atoms with Crippen LogP contribution in [-0.4, -0.2) is 78.7 Å². The number of oxime groups is 2. The van der Waals surface area contributed by atoms with E-state index in [4.69, 9.17) is 56.3 Å². The normalized spacial score (nSPS) is 12.1. The Morgan fingerprint density at radius 3 is 0.895 bits per heavy atom. The first-order valence-electron chi connectivity index (χ1n) is 28.9. The highest BCUT2D eigenvalue weighted by Crippen LogP contribution is 2.33. The van der Waals surface area contributed by atoms with Gasteiger partial charge in [0.2, 0.25) is 0 Å². The minimum absolute atomic E-state index is 0.0743. The van der Waals surface area contributed by atoms with Crippen molar-refractivity contribution >= 4 is 111 Å². The number of rotatable bonds is 18. The number of sulfonamides is 3. The molecule has 9 aromatic rings. The summed E-state index contributed by atoms with van der Waals surface area (Å²) >= 11 is 23.2. The number of pyridine rings is 3. The van der Waals surface area contributed by atoms with E-state index in [1.165, 1.54) is 51.9 Å². The van der Waals surface area contributed by atoms with Crippen LogP contribution in [0.5, 0.6) is 0 Å². The quantitative estimate of drug-likeness (QED) is 0.0270. The fourth-order valence-electron chi connectivity index (χ4n) is 8.79. The second kappa shape index (κ2) is 33.4. The number of ketones is 1. The molecule has 0 amide bonds. The number of nitrogens with zero attached hydrogens (tertiary/aromatic N) is 5. The van der Waals surface area contributed by atoms with E-state index < -0.39 is 30.1 Å². The molecule has 500 valence electrons. The van der Waals surface area contributed by atoms with Gasteiger partial charge in [-0.15, -0.1) is 5.00 Å². The summed E-state index contributed by atoms with van der Waals surface area (Å²) < 4.78 is 86.0. The fraction of sp³-hybridized carbons (Fsp3) is 0.217. The topological polar surface area (TPSA) is 259 Å². The number of carbonyl (C=O) groups excluding carboxylic acids is 1. The van der Waals surface area contributed by atoms with Gasteiger partial charge in [0.1, 0.15) is 25.6 Å². The average molecular weight is 1430 g/mol. The van der Waals surface area contributed by atoms with Crippen LogP contribution in [-0.2, 0) is 60.8 Å². The van der Waals surface area contributed by atoms with E-state index in [9.17, 15) is 30.0 Å². The second-order valence-electron chi connectivity index (χ2n) is 23.8. The maximum Gasteiger partial charge on any atom is 0.261 e. The standard InChI is InChI=1S/2C23H24ClN3O3S.C22H21ClN2O3S.CH4ClNO/c2*1-23(2,3)17-5-8-19(9-6-17)31(28,29)27-21-10-7-18(24)15-20(21)22(26-30-4)16-11-13-25-14-12-16;1-22(2,3)16-4-7-18(8-5-16)29(27,28)25-20-9-6-17(23)14-19(20)21(26)15-10-12-24-13-11-15;1-4-3-2/h2*5-15,27H,1-4H3;4-14,25H,1-3H3;3H,1H3/b26-22+;26-22-;;. The third-order valence-electron chi connectivity index (χ3n) is 13.8. The molecule has 0 atom stereocenters. The average Bonchev–Trinajstić information content (AvgIpc) is 0.817. The number of anilines is 3. The first-order chi connectivity index (χ1) is 44.7. The fourth-order valence-corrected chi connectivity index (χ4v) is 12.5. The number of carbonyl (C=O) groups is 1. The Morgan fingerprint density at radius 2 is 0.642 bits per heavy atom. The molecule has 0 fully saturated rings. The Morgan fingerprint density at radius 1 is 0.389 bits per heavy atom. The SMILES string of the molecule is CC(C)(C)c1ccc(S(=O)(=O)Nc2ccc(Cl)cc2C(=O)c2ccncc2)cc1.CO/N=C(/c1ccncc1)c1cc(Cl)ccc1NS(=O)(=O)c1ccc(C(C)(C)C)cc1.CO/N=C(\c1ccncc1)c1cc(Cl)ccc1NS(=O)(=O)c1ccc(C(C)(C)C)cc1.CONCl. The van der Waals surface area contributed by atoms with Gasteiger partial charge in [-0.2, -0.15) is 0 Å². The molecule has 0 unspecified atom stereocenters. The van der Waals surface area contributed by atoms with Gasteiger partial charge in [0.05, 0.1) is 38.9 Å². The van der Waals surface area contributed by atoms with Gasteiger partial charge in [0, 0.05) is 97.4 Å². The maximum atomic E-state index is 13.1. The van der Waals surface area contributed by atoms with E-state index in [0.717, 1.165) is 16.7 Å². The van der Waals surface area contributed by atoms with E-state index in [-0.39, 0.29) is 48.0 Å². The van der Waals surface area contributed by atoms with Crippen LogP contribution in [0.1, 0.15) is 117 Å². The number of benzene rings is 6. The van der Waals surface area contributed by atoms with Crippen molar-refractivity contribution in [2.45, 2.75) is 93.2 Å². The summed E-state index contributed by atoms with van der Waals surface area (Å²) in [5.74, 6) is -0.351. The highest BCUT2D eigenvalue weighted by atomic mass is 35.5. The van der Waals surface area contributed by atoms with Crippen LogP contribution < -0.4 is 19.2 Å². The molecular formula is C69H73Cl4N9O10S3. The van der Waals surface area contributed by atoms with Crippen LogP contribution in [0.2, 0.25) is 15.1 Å². The third-order valence-corrected chi connectivity index (χ3v) is 18.8. The molecule has 0 spiro atoms. The summed E-state index contributed by atoms with van der Waals surface area (Å²) in [4.78, 5) is 41.2. The van der Waals surface area contributed by atoms with Crippen LogP contribution in [0.3, 0.4) is 0 Å². The van der Waals surface area contributed by atoms with Crippen LogP contribution >= 0.6 is 46.6 Å². The largest absolute Gasteiger partial charge is 0.399 e. The van der Waals surface area contributed by atoms with Crippen LogP contribution in [0, 0.1) is 0 Å². The van der Waals surface area contributed by atoms with Gasteiger partial charge in [0.25, 0.3) is 30.1 Å². The van der Waals surface area contributed by atoms with Gasteiger partial charge in [-0.1, -0.05) is 144 Å². The van der Waals surface area contributed by atoms with Gasteiger partial charge < -0.3 is 9.68 Å². The molecular weight excluding hydrogens is 1350 g/mol. The molecule has 0 radical (unpaired) electrons. The summed E-state index contributed by atoms with van der Waals surface area (Å²) in [6.45, 7) is 18.6. The number of aromatic nitrogens is 3. The van der Waals surface area contributed by atoms with Gasteiger partial charge >= 0.3 is 0 Å². The van der Waals surface area contributed by atoms with Gasteiger partial charge in [-0.25, -0.2) is 25.3 Å². The zero-order valence-electron chi connectivity index (χ0n) is 54.1. The van der Waals surface area contributed by atoms with Crippen molar-refractivity contribution in [2.24, 2.45) is 10.3 Å². The van der Waals surface area contributed by atoms with Crippen LogP contribution in [0.4, 0.5) is 17.1 Å². The Hall–Kier alpha value is -8.29. The Balaban J connectivity index is 0.000000219. The number of hydrogen-bond donors (Lipinski definition) is 4. The monoisotopic (exact) mass is 1420 g/mol. The Labute approximate surface area is 576 Å². The zero-order chi connectivity index (χ0) is 69.9. The van der Waals surface area contributed by atoms with Crippen molar-refractivity contribution in [3.05, 3.63) is 266 Å². The first kappa shape index (κ1) is 75.7. The highest BCUT2D eigenvalue weighted by molar-refractivity contribution is 7.93. The van der Waals surface area contributed by atoms with Crippen molar-refractivity contribution < 1.29 is 44.6 Å². The molecule has 26 heteroatoms. The summed E-state index contributed by atoms with van der Waals surface area (Å²) in [5, 5.41) is 9.41. The van der Waals surface area contributed by atoms with E-state index in [1.54, 1.807) is 146 Å². The molecule has 3 heterocycles. The molecule has 0 bridgehead atoms. The van der Waals surface area contributed by atoms with E-state index in [1.807, 2.05) is 29.3 Å².